The van der Waals surface area contributed by atoms with Gasteiger partial charge in [0.15, 0.2) is 6.04 Å². The summed E-state index contributed by atoms with van der Waals surface area (Å²) in [6.45, 7) is 3.63. The van der Waals surface area contributed by atoms with E-state index in [-0.39, 0.29) is 0 Å². The molecule has 1 aromatic rings. The molecule has 0 saturated carbocycles. The number of ether oxygens (including phenoxy) is 1. The normalized spacial score (nSPS) is 13.2. The maximum atomic E-state index is 11.7. The summed E-state index contributed by atoms with van der Waals surface area (Å²) in [5.74, 6) is -0.714. The van der Waals surface area contributed by atoms with Crippen LogP contribution in [-0.4, -0.2) is 41.0 Å². The van der Waals surface area contributed by atoms with Gasteiger partial charge in [-0.1, -0.05) is 6.07 Å². The van der Waals surface area contributed by atoms with Gasteiger partial charge in [0.05, 0.1) is 12.7 Å². The van der Waals surface area contributed by atoms with Gasteiger partial charge in [-0.05, 0) is 26.0 Å². The van der Waals surface area contributed by atoms with Crippen molar-refractivity contribution in [2.75, 3.05) is 11.9 Å². The molecule has 110 valence electrons. The fourth-order valence-electron chi connectivity index (χ4n) is 1.53. The number of urea groups is 1. The van der Waals surface area contributed by atoms with E-state index in [1.807, 2.05) is 6.92 Å². The van der Waals surface area contributed by atoms with Crippen molar-refractivity contribution in [2.45, 2.75) is 26.0 Å². The van der Waals surface area contributed by atoms with E-state index in [0.717, 1.165) is 0 Å². The van der Waals surface area contributed by atoms with Crippen LogP contribution in [0, 0.1) is 0 Å². The van der Waals surface area contributed by atoms with E-state index in [1.54, 1.807) is 24.3 Å². The summed E-state index contributed by atoms with van der Waals surface area (Å²) in [7, 11) is 0. The zero-order valence-corrected chi connectivity index (χ0v) is 11.3. The number of amides is 2. The van der Waals surface area contributed by atoms with Crippen LogP contribution in [0.4, 0.5) is 10.5 Å². The number of carboxylic acid groups (broad SMARTS) is 1. The number of hydrogen-bond donors (Lipinski definition) is 4. The minimum atomic E-state index is -1.37. The topological polar surface area (TPSA) is 108 Å². The van der Waals surface area contributed by atoms with Gasteiger partial charge >= 0.3 is 12.0 Å². The molecule has 0 aliphatic rings. The predicted molar refractivity (Wildman–Crippen MR) is 72.9 cm³/mol. The molecule has 7 nitrogen and oxygen atoms in total. The number of carboxylic acids is 1. The molecule has 0 unspecified atom stereocenters. The van der Waals surface area contributed by atoms with Crippen LogP contribution in [0.1, 0.15) is 13.8 Å². The third kappa shape index (κ3) is 4.77. The summed E-state index contributed by atoms with van der Waals surface area (Å²) >= 11 is 0. The fourth-order valence-corrected chi connectivity index (χ4v) is 1.53. The van der Waals surface area contributed by atoms with E-state index in [4.69, 9.17) is 9.84 Å². The van der Waals surface area contributed by atoms with Crippen LogP contribution in [0.5, 0.6) is 5.75 Å². The van der Waals surface area contributed by atoms with E-state index in [9.17, 15) is 14.7 Å². The van der Waals surface area contributed by atoms with E-state index in [0.29, 0.717) is 18.0 Å². The van der Waals surface area contributed by atoms with Crippen LogP contribution in [-0.2, 0) is 4.79 Å². The number of carbonyl (C=O) groups is 2. The number of aliphatic hydroxyl groups is 1. The Kier molecular flexibility index (Phi) is 5.79. The van der Waals surface area contributed by atoms with Crippen LogP contribution in [0.3, 0.4) is 0 Å². The van der Waals surface area contributed by atoms with Gasteiger partial charge in [0.1, 0.15) is 5.75 Å². The number of hydrogen-bond acceptors (Lipinski definition) is 4. The Morgan fingerprint density at radius 2 is 2.10 bits per heavy atom. The first kappa shape index (κ1) is 15.8. The number of aliphatic carboxylic acids is 1. The molecule has 7 heteroatoms. The Balaban J connectivity index is 2.66. The maximum absolute atomic E-state index is 11.7. The van der Waals surface area contributed by atoms with Crippen molar-refractivity contribution in [3.05, 3.63) is 24.3 Å². The highest BCUT2D eigenvalue weighted by Crippen LogP contribution is 2.17. The minimum Gasteiger partial charge on any atom is -0.494 e. The monoisotopic (exact) mass is 282 g/mol. The van der Waals surface area contributed by atoms with E-state index >= 15 is 0 Å². The number of rotatable bonds is 6. The van der Waals surface area contributed by atoms with Gasteiger partial charge < -0.3 is 25.6 Å². The molecule has 0 heterocycles. The zero-order chi connectivity index (χ0) is 15.1. The smallest absolute Gasteiger partial charge is 0.328 e. The van der Waals surface area contributed by atoms with E-state index in [1.165, 1.54) is 6.92 Å². The zero-order valence-electron chi connectivity index (χ0n) is 11.3. The third-order valence-corrected chi connectivity index (χ3v) is 2.44. The van der Waals surface area contributed by atoms with Crippen molar-refractivity contribution < 1.29 is 24.5 Å². The van der Waals surface area contributed by atoms with Gasteiger partial charge in [-0.15, -0.1) is 0 Å². The molecule has 0 aromatic heterocycles. The number of carbonyl (C=O) groups excluding carboxylic acids is 1. The van der Waals surface area contributed by atoms with E-state index in [2.05, 4.69) is 10.6 Å². The van der Waals surface area contributed by atoms with Crippen LogP contribution in [0.15, 0.2) is 24.3 Å². The van der Waals surface area contributed by atoms with Gasteiger partial charge in [0.25, 0.3) is 0 Å². The Labute approximate surface area is 116 Å². The molecule has 2 amide bonds. The standard InChI is InChI=1S/C13H18N2O5/c1-3-20-10-6-4-5-9(7-10)14-13(19)15-11(8(2)16)12(17)18/h4-8,11,16H,3H2,1-2H3,(H,17,18)(H2,14,15,19)/t8-,11+/m1/s1. The lowest BCUT2D eigenvalue weighted by Gasteiger charge is -2.17. The first-order chi connectivity index (χ1) is 9.43. The molecule has 0 radical (unpaired) electrons. The maximum Gasteiger partial charge on any atom is 0.328 e. The van der Waals surface area contributed by atoms with Crippen molar-refractivity contribution in [2.24, 2.45) is 0 Å². The van der Waals surface area contributed by atoms with Gasteiger partial charge in [-0.25, -0.2) is 9.59 Å². The highest BCUT2D eigenvalue weighted by atomic mass is 16.5. The summed E-state index contributed by atoms with van der Waals surface area (Å²) in [4.78, 5) is 22.5. The average molecular weight is 282 g/mol. The second-order valence-electron chi connectivity index (χ2n) is 4.12. The predicted octanol–water partition coefficient (Wildman–Crippen LogP) is 1.04. The lowest BCUT2D eigenvalue weighted by Crippen LogP contribution is -2.49. The highest BCUT2D eigenvalue weighted by molar-refractivity contribution is 5.92. The SMILES string of the molecule is CCOc1cccc(NC(=O)N[C@H](C(=O)O)[C@@H](C)O)c1. The lowest BCUT2D eigenvalue weighted by atomic mass is 10.2. The van der Waals surface area contributed by atoms with Gasteiger partial charge in [-0.2, -0.15) is 0 Å². The molecule has 1 rings (SSSR count). The molecule has 4 N–H and O–H groups in total. The first-order valence-corrected chi connectivity index (χ1v) is 6.15. The Morgan fingerprint density at radius 3 is 2.65 bits per heavy atom. The second-order valence-corrected chi connectivity index (χ2v) is 4.12. The number of nitrogens with one attached hydrogen (secondary N) is 2. The molecule has 1 aromatic carbocycles. The Morgan fingerprint density at radius 1 is 1.40 bits per heavy atom. The van der Waals surface area contributed by atoms with Crippen molar-refractivity contribution >= 4 is 17.7 Å². The van der Waals surface area contributed by atoms with Crippen molar-refractivity contribution in [3.63, 3.8) is 0 Å². The molecule has 0 spiro atoms. The fraction of sp³-hybridized carbons (Fsp3) is 0.385. The molecule has 2 atom stereocenters. The Hall–Kier alpha value is -2.28. The van der Waals surface area contributed by atoms with Crippen molar-refractivity contribution in [1.82, 2.24) is 5.32 Å². The average Bonchev–Trinajstić information content (AvgIpc) is 2.36. The Bertz CT molecular complexity index is 476. The number of benzene rings is 1. The summed E-state index contributed by atoms with van der Waals surface area (Å²) < 4.78 is 5.28. The minimum absolute atomic E-state index is 0.461. The first-order valence-electron chi connectivity index (χ1n) is 6.15. The quantitative estimate of drug-likeness (QED) is 0.623. The van der Waals surface area contributed by atoms with Crippen LogP contribution in [0.2, 0.25) is 0 Å². The molecule has 0 bridgehead atoms. The molecular formula is C13H18N2O5. The highest BCUT2D eigenvalue weighted by Gasteiger charge is 2.24. The van der Waals surface area contributed by atoms with Crippen LogP contribution < -0.4 is 15.4 Å². The molecule has 20 heavy (non-hydrogen) atoms. The summed E-state index contributed by atoms with van der Waals surface area (Å²) in [5, 5.41) is 22.8. The molecule has 0 aliphatic carbocycles. The second kappa shape index (κ2) is 7.34. The van der Waals surface area contributed by atoms with Crippen molar-refractivity contribution in [3.8, 4) is 5.75 Å². The lowest BCUT2D eigenvalue weighted by molar-refractivity contribution is -0.141. The summed E-state index contributed by atoms with van der Waals surface area (Å²) in [6.07, 6.45) is -1.20. The molecular weight excluding hydrogens is 264 g/mol. The largest absolute Gasteiger partial charge is 0.494 e. The molecule has 0 saturated heterocycles. The van der Waals surface area contributed by atoms with Gasteiger partial charge in [0, 0.05) is 11.8 Å². The van der Waals surface area contributed by atoms with Gasteiger partial charge in [-0.3, -0.25) is 0 Å². The van der Waals surface area contributed by atoms with Crippen molar-refractivity contribution in [1.29, 1.82) is 0 Å². The van der Waals surface area contributed by atoms with Gasteiger partial charge in [0.2, 0.25) is 0 Å². The summed E-state index contributed by atoms with van der Waals surface area (Å²) in [6, 6.07) is 4.60. The van der Waals surface area contributed by atoms with E-state index < -0.39 is 24.1 Å². The number of anilines is 1. The number of aliphatic hydroxyl groups excluding tert-OH is 1. The van der Waals surface area contributed by atoms with Crippen LogP contribution in [0.25, 0.3) is 0 Å². The summed E-state index contributed by atoms with van der Waals surface area (Å²) in [5.41, 5.74) is 0.461. The molecule has 0 fully saturated rings. The molecule has 0 aliphatic heterocycles. The van der Waals surface area contributed by atoms with Crippen LogP contribution >= 0.6 is 0 Å². The third-order valence-electron chi connectivity index (χ3n) is 2.44.